The van der Waals surface area contributed by atoms with Gasteiger partial charge in [0.15, 0.2) is 0 Å². The van der Waals surface area contributed by atoms with E-state index in [2.05, 4.69) is 4.98 Å². The SMILES string of the molecule is FC(F)(F)C(F)(c1ccc2c(n1)CC[C@H]1CCC[C@@H]21)C(F)(F)F. The molecule has 0 spiro atoms. The van der Waals surface area contributed by atoms with Crippen LogP contribution in [0.25, 0.3) is 0 Å². The number of rotatable bonds is 1. The summed E-state index contributed by atoms with van der Waals surface area (Å²) in [7, 11) is 0. The van der Waals surface area contributed by atoms with Crippen LogP contribution in [0.2, 0.25) is 0 Å². The minimum atomic E-state index is -6.11. The van der Waals surface area contributed by atoms with E-state index in [0.717, 1.165) is 19.3 Å². The molecule has 1 nitrogen and oxygen atoms in total. The van der Waals surface area contributed by atoms with Crippen LogP contribution in [0.1, 0.15) is 48.6 Å². The van der Waals surface area contributed by atoms with E-state index >= 15 is 0 Å². The Morgan fingerprint density at radius 2 is 1.52 bits per heavy atom. The molecule has 0 unspecified atom stereocenters. The summed E-state index contributed by atoms with van der Waals surface area (Å²) in [6, 6.07) is 1.74. The van der Waals surface area contributed by atoms with Crippen LogP contribution in [0.3, 0.4) is 0 Å². The Labute approximate surface area is 127 Å². The van der Waals surface area contributed by atoms with Gasteiger partial charge in [0.25, 0.3) is 0 Å². The molecule has 0 bridgehead atoms. The minimum Gasteiger partial charge on any atom is -0.253 e. The monoisotopic (exact) mass is 341 g/mol. The molecule has 1 fully saturated rings. The van der Waals surface area contributed by atoms with Gasteiger partial charge in [0.1, 0.15) is 0 Å². The van der Waals surface area contributed by atoms with Crippen molar-refractivity contribution in [3.8, 4) is 0 Å². The van der Waals surface area contributed by atoms with Crippen molar-refractivity contribution in [3.63, 3.8) is 0 Å². The maximum atomic E-state index is 14.1. The second kappa shape index (κ2) is 5.08. The van der Waals surface area contributed by atoms with Crippen molar-refractivity contribution < 1.29 is 30.7 Å². The van der Waals surface area contributed by atoms with Gasteiger partial charge < -0.3 is 0 Å². The summed E-state index contributed by atoms with van der Waals surface area (Å²) in [5, 5.41) is 0. The summed E-state index contributed by atoms with van der Waals surface area (Å²) in [4.78, 5) is 3.46. The molecule has 0 amide bonds. The Balaban J connectivity index is 2.07. The van der Waals surface area contributed by atoms with Crippen LogP contribution in [0.4, 0.5) is 30.7 Å². The molecule has 2 atom stereocenters. The number of alkyl halides is 7. The van der Waals surface area contributed by atoms with Crippen molar-refractivity contribution in [2.24, 2.45) is 5.92 Å². The molecule has 2 aliphatic carbocycles. The van der Waals surface area contributed by atoms with Gasteiger partial charge in [-0.2, -0.15) is 26.3 Å². The predicted octanol–water partition coefficient (Wildman–Crippen LogP) is 5.20. The minimum absolute atomic E-state index is 0.117. The smallest absolute Gasteiger partial charge is 0.253 e. The van der Waals surface area contributed by atoms with Gasteiger partial charge in [0.05, 0.1) is 5.69 Å². The molecule has 3 rings (SSSR count). The van der Waals surface area contributed by atoms with Crippen LogP contribution in [-0.2, 0) is 12.1 Å². The van der Waals surface area contributed by atoms with Gasteiger partial charge in [0, 0.05) is 5.69 Å². The topological polar surface area (TPSA) is 12.9 Å². The average Bonchev–Trinajstić information content (AvgIpc) is 2.92. The molecular weight excluding hydrogens is 327 g/mol. The number of hydrogen-bond acceptors (Lipinski definition) is 1. The maximum Gasteiger partial charge on any atom is 0.437 e. The summed E-state index contributed by atoms with van der Waals surface area (Å²) in [5.74, 6) is 0.515. The first-order valence-electron chi connectivity index (χ1n) is 7.38. The van der Waals surface area contributed by atoms with Crippen molar-refractivity contribution >= 4 is 0 Å². The summed E-state index contributed by atoms with van der Waals surface area (Å²) < 4.78 is 90.9. The third kappa shape index (κ3) is 2.41. The lowest BCUT2D eigenvalue weighted by molar-refractivity contribution is -0.350. The molecule has 0 aromatic carbocycles. The predicted molar refractivity (Wildman–Crippen MR) is 67.5 cm³/mol. The van der Waals surface area contributed by atoms with E-state index in [9.17, 15) is 30.7 Å². The molecule has 0 aliphatic heterocycles. The van der Waals surface area contributed by atoms with Crippen LogP contribution in [0.5, 0.6) is 0 Å². The van der Waals surface area contributed by atoms with E-state index in [4.69, 9.17) is 0 Å². The zero-order valence-corrected chi connectivity index (χ0v) is 11.9. The Morgan fingerprint density at radius 1 is 0.870 bits per heavy atom. The van der Waals surface area contributed by atoms with Crippen LogP contribution in [0, 0.1) is 5.92 Å². The first-order valence-corrected chi connectivity index (χ1v) is 7.38. The highest BCUT2D eigenvalue weighted by Gasteiger charge is 2.74. The van der Waals surface area contributed by atoms with E-state index in [-0.39, 0.29) is 18.0 Å². The molecule has 1 saturated carbocycles. The van der Waals surface area contributed by atoms with Crippen molar-refractivity contribution in [3.05, 3.63) is 29.1 Å². The lowest BCUT2D eigenvalue weighted by atomic mass is 9.79. The number of hydrogen-bond donors (Lipinski definition) is 0. The number of pyridine rings is 1. The van der Waals surface area contributed by atoms with Crippen LogP contribution in [-0.4, -0.2) is 17.3 Å². The van der Waals surface area contributed by atoms with Gasteiger partial charge in [0.2, 0.25) is 0 Å². The van der Waals surface area contributed by atoms with Gasteiger partial charge >= 0.3 is 18.0 Å². The third-order valence-corrected chi connectivity index (χ3v) is 4.95. The Kier molecular flexibility index (Phi) is 3.65. The number of aryl methyl sites for hydroxylation is 1. The van der Waals surface area contributed by atoms with Gasteiger partial charge in [-0.25, -0.2) is 4.39 Å². The molecule has 1 aromatic heterocycles. The zero-order valence-electron chi connectivity index (χ0n) is 11.9. The average molecular weight is 341 g/mol. The van der Waals surface area contributed by atoms with Crippen molar-refractivity contribution in [1.82, 2.24) is 4.98 Å². The summed E-state index contributed by atoms with van der Waals surface area (Å²) in [6.45, 7) is 0. The molecule has 1 aromatic rings. The summed E-state index contributed by atoms with van der Waals surface area (Å²) in [5.41, 5.74) is -6.22. The quantitative estimate of drug-likeness (QED) is 0.640. The van der Waals surface area contributed by atoms with Gasteiger partial charge in [-0.15, -0.1) is 0 Å². The Bertz CT molecular complexity index is 591. The van der Waals surface area contributed by atoms with E-state index < -0.39 is 23.7 Å². The van der Waals surface area contributed by atoms with E-state index in [1.54, 1.807) is 0 Å². The molecule has 8 heteroatoms. The van der Waals surface area contributed by atoms with Gasteiger partial charge in [-0.05, 0) is 49.1 Å². The van der Waals surface area contributed by atoms with Crippen molar-refractivity contribution in [2.45, 2.75) is 56.0 Å². The standard InChI is InChI=1S/C15H14F7N/c16-13(14(17,18)19,15(20,21)22)12-7-5-10-9-3-1-2-8(9)4-6-11(10)23-12/h5,7-9H,1-4,6H2/t8-,9-/m1/s1. The Hall–Kier alpha value is -1.34. The summed E-state index contributed by atoms with van der Waals surface area (Å²) in [6.07, 6.45) is -8.44. The molecule has 2 aliphatic rings. The van der Waals surface area contributed by atoms with Crippen LogP contribution >= 0.6 is 0 Å². The molecule has 0 N–H and O–H groups in total. The largest absolute Gasteiger partial charge is 0.437 e. The fourth-order valence-electron chi connectivity index (χ4n) is 3.81. The second-order valence-electron chi connectivity index (χ2n) is 6.22. The highest BCUT2D eigenvalue weighted by molar-refractivity contribution is 5.33. The fraction of sp³-hybridized carbons (Fsp3) is 0.667. The van der Waals surface area contributed by atoms with Gasteiger partial charge in [-0.3, -0.25) is 4.98 Å². The summed E-state index contributed by atoms with van der Waals surface area (Å²) >= 11 is 0. The highest BCUT2D eigenvalue weighted by Crippen LogP contribution is 2.53. The Morgan fingerprint density at radius 3 is 2.13 bits per heavy atom. The molecule has 1 heterocycles. The van der Waals surface area contributed by atoms with E-state index in [1.807, 2.05) is 0 Å². The third-order valence-electron chi connectivity index (χ3n) is 4.95. The maximum absolute atomic E-state index is 14.1. The first kappa shape index (κ1) is 16.5. The number of halogens is 7. The normalized spacial score (nSPS) is 25.2. The second-order valence-corrected chi connectivity index (χ2v) is 6.22. The van der Waals surface area contributed by atoms with E-state index in [1.165, 1.54) is 6.07 Å². The van der Waals surface area contributed by atoms with Crippen LogP contribution in [0.15, 0.2) is 12.1 Å². The zero-order chi connectivity index (χ0) is 17.0. The number of fused-ring (bicyclic) bond motifs is 3. The fourth-order valence-corrected chi connectivity index (χ4v) is 3.81. The molecule has 0 saturated heterocycles. The van der Waals surface area contributed by atoms with Crippen molar-refractivity contribution in [2.75, 3.05) is 0 Å². The lowest BCUT2D eigenvalue weighted by Gasteiger charge is -2.32. The number of nitrogens with zero attached hydrogens (tertiary/aromatic N) is 1. The molecule has 0 radical (unpaired) electrons. The molecule has 23 heavy (non-hydrogen) atoms. The van der Waals surface area contributed by atoms with Gasteiger partial charge in [-0.1, -0.05) is 12.5 Å². The first-order chi connectivity index (χ1) is 10.6. The van der Waals surface area contributed by atoms with Crippen molar-refractivity contribution in [1.29, 1.82) is 0 Å². The highest BCUT2D eigenvalue weighted by atomic mass is 19.4. The van der Waals surface area contributed by atoms with E-state index in [0.29, 0.717) is 24.0 Å². The van der Waals surface area contributed by atoms with Crippen LogP contribution < -0.4 is 0 Å². The number of aromatic nitrogens is 1. The molecular formula is C15H14F7N. The molecule has 128 valence electrons. The lowest BCUT2D eigenvalue weighted by Crippen LogP contribution is -2.51.